The van der Waals surface area contributed by atoms with E-state index in [1.54, 1.807) is 36.7 Å². The Bertz CT molecular complexity index is 1290. The van der Waals surface area contributed by atoms with Gasteiger partial charge in [0.1, 0.15) is 5.82 Å². The summed E-state index contributed by atoms with van der Waals surface area (Å²) in [5, 5.41) is 6.02. The van der Waals surface area contributed by atoms with Gasteiger partial charge in [-0.1, -0.05) is 37.8 Å². The van der Waals surface area contributed by atoms with Gasteiger partial charge in [-0.2, -0.15) is 0 Å². The number of benzene rings is 2. The molecule has 0 atom stereocenters. The first-order valence-electron chi connectivity index (χ1n) is 11.8. The Kier molecular flexibility index (Phi) is 6.33. The fraction of sp³-hybridized carbons (Fsp3) is 0.259. The van der Waals surface area contributed by atoms with Crippen LogP contribution in [0.1, 0.15) is 59.2 Å². The number of anilines is 1. The Morgan fingerprint density at radius 1 is 0.882 bits per heavy atom. The molecule has 2 aromatic carbocycles. The molecule has 0 aliphatic heterocycles. The second-order valence-corrected chi connectivity index (χ2v) is 8.75. The summed E-state index contributed by atoms with van der Waals surface area (Å²) in [4.78, 5) is 37.2. The predicted molar refractivity (Wildman–Crippen MR) is 133 cm³/mol. The van der Waals surface area contributed by atoms with Crippen LogP contribution in [0.25, 0.3) is 22.4 Å². The Morgan fingerprint density at radius 3 is 2.38 bits per heavy atom. The van der Waals surface area contributed by atoms with Crippen LogP contribution in [0.2, 0.25) is 0 Å². The number of aromatic amines is 1. The molecule has 34 heavy (non-hydrogen) atoms. The summed E-state index contributed by atoms with van der Waals surface area (Å²) in [6, 6.07) is 16.6. The molecule has 2 amide bonds. The Balaban J connectivity index is 1.29. The number of aromatic nitrogens is 3. The summed E-state index contributed by atoms with van der Waals surface area (Å²) in [6.45, 7) is 0. The van der Waals surface area contributed by atoms with E-state index in [1.165, 1.54) is 25.7 Å². The Labute approximate surface area is 198 Å². The van der Waals surface area contributed by atoms with E-state index >= 15 is 0 Å². The maximum absolute atomic E-state index is 12.8. The zero-order chi connectivity index (χ0) is 23.3. The van der Waals surface area contributed by atoms with E-state index in [4.69, 9.17) is 0 Å². The van der Waals surface area contributed by atoms with Gasteiger partial charge in [-0.25, -0.2) is 4.98 Å². The minimum absolute atomic E-state index is 0.0395. The normalized spacial score (nSPS) is 14.5. The number of carbonyl (C=O) groups is 2. The SMILES string of the molecule is O=C(Nc1cccnc1)c1ccc(-c2nc3cc(C(=O)NC4CCCCCC4)ccc3[nH]2)cc1. The first-order valence-corrected chi connectivity index (χ1v) is 11.8. The topological polar surface area (TPSA) is 99.8 Å². The fourth-order valence-corrected chi connectivity index (χ4v) is 4.40. The van der Waals surface area contributed by atoms with Crippen LogP contribution in [-0.4, -0.2) is 32.8 Å². The number of H-pyrrole nitrogens is 1. The standard InChI is InChI=1S/C27H27N5O2/c33-26(30-22-8-5-15-28-17-22)19-11-9-18(10-12-19)25-31-23-14-13-20(16-24(23)32-25)27(34)29-21-6-3-1-2-4-7-21/h5,8-17,21H,1-4,6-7H2,(H,29,34)(H,30,33)(H,31,32). The summed E-state index contributed by atoms with van der Waals surface area (Å²) < 4.78 is 0. The monoisotopic (exact) mass is 453 g/mol. The minimum atomic E-state index is -0.200. The second-order valence-electron chi connectivity index (χ2n) is 8.75. The van der Waals surface area contributed by atoms with Gasteiger partial charge in [0.25, 0.3) is 11.8 Å². The third kappa shape index (κ3) is 4.98. The van der Waals surface area contributed by atoms with Crippen LogP contribution in [-0.2, 0) is 0 Å². The van der Waals surface area contributed by atoms with Crippen molar-refractivity contribution in [1.29, 1.82) is 0 Å². The largest absolute Gasteiger partial charge is 0.349 e. The van der Waals surface area contributed by atoms with E-state index in [9.17, 15) is 9.59 Å². The molecular formula is C27H27N5O2. The predicted octanol–water partition coefficient (Wildman–Crippen LogP) is 5.33. The van der Waals surface area contributed by atoms with Gasteiger partial charge >= 0.3 is 0 Å². The molecule has 1 fully saturated rings. The third-order valence-corrected chi connectivity index (χ3v) is 6.28. The van der Waals surface area contributed by atoms with E-state index in [1.807, 2.05) is 30.3 Å². The van der Waals surface area contributed by atoms with Gasteiger partial charge in [-0.15, -0.1) is 0 Å². The van der Waals surface area contributed by atoms with Crippen LogP contribution in [0.4, 0.5) is 5.69 Å². The zero-order valence-electron chi connectivity index (χ0n) is 18.9. The van der Waals surface area contributed by atoms with Gasteiger partial charge in [0.2, 0.25) is 0 Å². The lowest BCUT2D eigenvalue weighted by Crippen LogP contribution is -2.34. The summed E-state index contributed by atoms with van der Waals surface area (Å²) in [5.74, 6) is 0.450. The molecule has 1 aliphatic carbocycles. The smallest absolute Gasteiger partial charge is 0.255 e. The number of nitrogens with zero attached hydrogens (tertiary/aromatic N) is 2. The summed E-state index contributed by atoms with van der Waals surface area (Å²) in [7, 11) is 0. The number of hydrogen-bond acceptors (Lipinski definition) is 4. The van der Waals surface area contributed by atoms with Crippen molar-refractivity contribution in [2.75, 3.05) is 5.32 Å². The highest BCUT2D eigenvalue weighted by Gasteiger charge is 2.17. The molecule has 1 aliphatic rings. The number of fused-ring (bicyclic) bond motifs is 1. The number of pyridine rings is 1. The molecule has 3 N–H and O–H groups in total. The van der Waals surface area contributed by atoms with E-state index < -0.39 is 0 Å². The maximum atomic E-state index is 12.8. The van der Waals surface area contributed by atoms with Crippen molar-refractivity contribution >= 4 is 28.5 Å². The molecular weight excluding hydrogens is 426 g/mol. The zero-order valence-corrected chi connectivity index (χ0v) is 18.9. The van der Waals surface area contributed by atoms with Crippen LogP contribution in [0.15, 0.2) is 67.0 Å². The Hall–Kier alpha value is -4.00. The summed E-state index contributed by atoms with van der Waals surface area (Å²) in [6.07, 6.45) is 10.2. The van der Waals surface area contributed by atoms with E-state index in [2.05, 4.69) is 25.6 Å². The second kappa shape index (κ2) is 9.87. The lowest BCUT2D eigenvalue weighted by Gasteiger charge is -2.16. The van der Waals surface area contributed by atoms with Crippen molar-refractivity contribution < 1.29 is 9.59 Å². The highest BCUT2D eigenvalue weighted by molar-refractivity contribution is 6.04. The van der Waals surface area contributed by atoms with Crippen molar-refractivity contribution in [2.24, 2.45) is 0 Å². The van der Waals surface area contributed by atoms with E-state index in [-0.39, 0.29) is 17.9 Å². The molecule has 2 heterocycles. The van der Waals surface area contributed by atoms with Crippen LogP contribution in [0.5, 0.6) is 0 Å². The van der Waals surface area contributed by atoms with Crippen molar-refractivity contribution in [3.05, 3.63) is 78.1 Å². The Morgan fingerprint density at radius 2 is 1.65 bits per heavy atom. The lowest BCUT2D eigenvalue weighted by molar-refractivity contribution is 0.0932. The highest BCUT2D eigenvalue weighted by atomic mass is 16.2. The van der Waals surface area contributed by atoms with E-state index in [0.717, 1.165) is 29.4 Å². The highest BCUT2D eigenvalue weighted by Crippen LogP contribution is 2.23. The quantitative estimate of drug-likeness (QED) is 0.356. The number of nitrogens with one attached hydrogen (secondary N) is 3. The van der Waals surface area contributed by atoms with Gasteiger partial charge < -0.3 is 15.6 Å². The summed E-state index contributed by atoms with van der Waals surface area (Å²) >= 11 is 0. The van der Waals surface area contributed by atoms with Crippen LogP contribution in [0, 0.1) is 0 Å². The molecule has 172 valence electrons. The average Bonchev–Trinajstić information content (AvgIpc) is 3.13. The van der Waals surface area contributed by atoms with Crippen molar-refractivity contribution in [3.63, 3.8) is 0 Å². The fourth-order valence-electron chi connectivity index (χ4n) is 4.40. The summed E-state index contributed by atoms with van der Waals surface area (Å²) in [5.41, 5.74) is 4.27. The molecule has 0 saturated heterocycles. The van der Waals surface area contributed by atoms with Gasteiger partial charge in [0.05, 0.1) is 22.9 Å². The van der Waals surface area contributed by atoms with Crippen LogP contribution in [0.3, 0.4) is 0 Å². The molecule has 5 rings (SSSR count). The first kappa shape index (κ1) is 21.8. The molecule has 2 aromatic heterocycles. The molecule has 0 spiro atoms. The average molecular weight is 454 g/mol. The van der Waals surface area contributed by atoms with Gasteiger partial charge in [0, 0.05) is 28.9 Å². The van der Waals surface area contributed by atoms with Crippen LogP contribution < -0.4 is 10.6 Å². The lowest BCUT2D eigenvalue weighted by atomic mass is 10.1. The molecule has 1 saturated carbocycles. The van der Waals surface area contributed by atoms with E-state index in [0.29, 0.717) is 22.6 Å². The first-order chi connectivity index (χ1) is 16.7. The maximum Gasteiger partial charge on any atom is 0.255 e. The van der Waals surface area contributed by atoms with Crippen molar-refractivity contribution in [3.8, 4) is 11.4 Å². The number of amides is 2. The molecule has 7 nitrogen and oxygen atoms in total. The molecule has 0 bridgehead atoms. The van der Waals surface area contributed by atoms with Crippen molar-refractivity contribution in [2.45, 2.75) is 44.6 Å². The molecule has 0 unspecified atom stereocenters. The van der Waals surface area contributed by atoms with Gasteiger partial charge in [-0.3, -0.25) is 14.6 Å². The van der Waals surface area contributed by atoms with Gasteiger partial charge in [0.15, 0.2) is 0 Å². The molecule has 0 radical (unpaired) electrons. The molecule has 7 heteroatoms. The van der Waals surface area contributed by atoms with Crippen molar-refractivity contribution in [1.82, 2.24) is 20.3 Å². The number of carbonyl (C=O) groups excluding carboxylic acids is 2. The van der Waals surface area contributed by atoms with Crippen LogP contribution >= 0.6 is 0 Å². The minimum Gasteiger partial charge on any atom is -0.349 e. The third-order valence-electron chi connectivity index (χ3n) is 6.28. The van der Waals surface area contributed by atoms with Gasteiger partial charge in [-0.05, 0) is 55.3 Å². The molecule has 4 aromatic rings. The number of hydrogen-bond donors (Lipinski definition) is 3. The number of imidazole rings is 1. The number of rotatable bonds is 5.